The summed E-state index contributed by atoms with van der Waals surface area (Å²) in [6.45, 7) is 6.80. The van der Waals surface area contributed by atoms with Gasteiger partial charge in [-0.3, -0.25) is 4.79 Å². The van der Waals surface area contributed by atoms with E-state index >= 15 is 0 Å². The summed E-state index contributed by atoms with van der Waals surface area (Å²) in [6.07, 6.45) is 1.34. The van der Waals surface area contributed by atoms with Gasteiger partial charge in [0, 0.05) is 25.4 Å². The lowest BCUT2D eigenvalue weighted by atomic mass is 10.0. The van der Waals surface area contributed by atoms with Gasteiger partial charge in [-0.1, -0.05) is 0 Å². The lowest BCUT2D eigenvalue weighted by Crippen LogP contribution is -2.36. The van der Waals surface area contributed by atoms with E-state index in [2.05, 4.69) is 0 Å². The monoisotopic (exact) mass is 225 g/mol. The Morgan fingerprint density at radius 3 is 2.62 bits per heavy atom. The van der Waals surface area contributed by atoms with Crippen LogP contribution in [-0.2, 0) is 9.53 Å². The number of likely N-dealkylation sites (tertiary alicyclic amines) is 1. The maximum Gasteiger partial charge on any atom is 0.410 e. The predicted molar refractivity (Wildman–Crippen MR) is 59.0 cm³/mol. The first kappa shape index (κ1) is 11.4. The molecule has 4 heteroatoms. The molecule has 2 atom stereocenters. The lowest BCUT2D eigenvalue weighted by molar-refractivity contribution is -0.120. The van der Waals surface area contributed by atoms with E-state index in [0.717, 1.165) is 6.42 Å². The number of Topliss-reactive ketones (excluding diaryl/α,β-unsaturated/α-hetero) is 1. The van der Waals surface area contributed by atoms with Crippen LogP contribution in [0.2, 0.25) is 0 Å². The maximum atomic E-state index is 11.8. The molecular formula is C12H19NO3. The van der Waals surface area contributed by atoms with Gasteiger partial charge in [-0.15, -0.1) is 0 Å². The van der Waals surface area contributed by atoms with Crippen molar-refractivity contribution in [3.05, 3.63) is 0 Å². The molecule has 16 heavy (non-hydrogen) atoms. The first-order valence-corrected chi connectivity index (χ1v) is 5.87. The predicted octanol–water partition coefficient (Wildman–Crippen LogP) is 1.83. The molecule has 2 fully saturated rings. The topological polar surface area (TPSA) is 46.6 Å². The van der Waals surface area contributed by atoms with E-state index in [1.165, 1.54) is 0 Å². The summed E-state index contributed by atoms with van der Waals surface area (Å²) in [5, 5.41) is 0. The molecule has 0 radical (unpaired) electrons. The standard InChI is InChI=1S/C12H19NO3/c1-12(2,3)16-11(15)13-6-8-4-5-10(14)9(8)7-13/h8-9H,4-7H2,1-3H3/t8-,9+/m0/s1. The zero-order valence-corrected chi connectivity index (χ0v) is 10.2. The molecule has 1 aliphatic heterocycles. The zero-order valence-electron chi connectivity index (χ0n) is 10.2. The van der Waals surface area contributed by atoms with Crippen molar-refractivity contribution in [1.29, 1.82) is 0 Å². The molecule has 1 saturated carbocycles. The Kier molecular flexibility index (Phi) is 2.68. The summed E-state index contributed by atoms with van der Waals surface area (Å²) < 4.78 is 5.30. The zero-order chi connectivity index (χ0) is 11.9. The SMILES string of the molecule is CC(C)(C)OC(=O)N1C[C@@H]2CCC(=O)[C@@H]2C1. The molecule has 0 unspecified atom stereocenters. The Morgan fingerprint density at radius 1 is 1.38 bits per heavy atom. The molecule has 0 spiro atoms. The quantitative estimate of drug-likeness (QED) is 0.632. The number of nitrogens with zero attached hydrogens (tertiary/aromatic N) is 1. The average Bonchev–Trinajstić information content (AvgIpc) is 2.65. The van der Waals surface area contributed by atoms with Crippen molar-refractivity contribution in [3.8, 4) is 0 Å². The molecule has 0 N–H and O–H groups in total. The number of rotatable bonds is 0. The Morgan fingerprint density at radius 2 is 2.06 bits per heavy atom. The van der Waals surface area contributed by atoms with Gasteiger partial charge in [0.15, 0.2) is 0 Å². The second-order valence-corrected chi connectivity index (χ2v) is 5.76. The number of ether oxygens (including phenoxy) is 1. The number of carbonyl (C=O) groups excluding carboxylic acids is 2. The fraction of sp³-hybridized carbons (Fsp3) is 0.833. The van der Waals surface area contributed by atoms with Crippen LogP contribution in [0.4, 0.5) is 4.79 Å². The molecule has 1 heterocycles. The fourth-order valence-electron chi connectivity index (χ4n) is 2.52. The van der Waals surface area contributed by atoms with Crippen LogP contribution in [0.3, 0.4) is 0 Å². The molecular weight excluding hydrogens is 206 g/mol. The average molecular weight is 225 g/mol. The van der Waals surface area contributed by atoms with E-state index in [-0.39, 0.29) is 12.0 Å². The number of fused-ring (bicyclic) bond motifs is 1. The number of carbonyl (C=O) groups is 2. The summed E-state index contributed by atoms with van der Waals surface area (Å²) in [5.74, 6) is 0.767. The molecule has 4 nitrogen and oxygen atoms in total. The van der Waals surface area contributed by atoms with Gasteiger partial charge in [0.05, 0.1) is 0 Å². The highest BCUT2D eigenvalue weighted by atomic mass is 16.6. The largest absolute Gasteiger partial charge is 0.444 e. The minimum atomic E-state index is -0.460. The third kappa shape index (κ3) is 2.20. The summed E-state index contributed by atoms with van der Waals surface area (Å²) in [6, 6.07) is 0. The van der Waals surface area contributed by atoms with Crippen LogP contribution in [0.25, 0.3) is 0 Å². The highest BCUT2D eigenvalue weighted by Crippen LogP contribution is 2.35. The third-order valence-corrected chi connectivity index (χ3v) is 3.27. The van der Waals surface area contributed by atoms with E-state index < -0.39 is 5.60 Å². The molecule has 0 aromatic heterocycles. The summed E-state index contributed by atoms with van der Waals surface area (Å²) in [7, 11) is 0. The van der Waals surface area contributed by atoms with Gasteiger partial charge < -0.3 is 9.64 Å². The van der Waals surface area contributed by atoms with Crippen molar-refractivity contribution in [2.24, 2.45) is 11.8 Å². The Hall–Kier alpha value is -1.06. The second-order valence-electron chi connectivity index (χ2n) is 5.76. The minimum absolute atomic E-state index is 0.0764. The minimum Gasteiger partial charge on any atom is -0.444 e. The van der Waals surface area contributed by atoms with Crippen LogP contribution < -0.4 is 0 Å². The van der Waals surface area contributed by atoms with Crippen molar-refractivity contribution >= 4 is 11.9 Å². The van der Waals surface area contributed by atoms with Crippen molar-refractivity contribution in [3.63, 3.8) is 0 Å². The summed E-state index contributed by atoms with van der Waals surface area (Å²) >= 11 is 0. The molecule has 1 saturated heterocycles. The van der Waals surface area contributed by atoms with Crippen molar-refractivity contribution in [2.45, 2.75) is 39.2 Å². The Balaban J connectivity index is 1.94. The van der Waals surface area contributed by atoms with Crippen molar-refractivity contribution in [2.75, 3.05) is 13.1 Å². The first-order chi connectivity index (χ1) is 7.37. The van der Waals surface area contributed by atoms with Crippen LogP contribution in [-0.4, -0.2) is 35.5 Å². The van der Waals surface area contributed by atoms with E-state index in [9.17, 15) is 9.59 Å². The normalized spacial score (nSPS) is 29.4. The van der Waals surface area contributed by atoms with Gasteiger partial charge in [0.1, 0.15) is 11.4 Å². The van der Waals surface area contributed by atoms with Gasteiger partial charge in [0.25, 0.3) is 0 Å². The van der Waals surface area contributed by atoms with Crippen LogP contribution in [0.1, 0.15) is 33.6 Å². The van der Waals surface area contributed by atoms with Crippen molar-refractivity contribution < 1.29 is 14.3 Å². The van der Waals surface area contributed by atoms with E-state index in [1.54, 1.807) is 4.90 Å². The Labute approximate surface area is 95.9 Å². The van der Waals surface area contributed by atoms with Gasteiger partial charge in [-0.25, -0.2) is 4.79 Å². The summed E-state index contributed by atoms with van der Waals surface area (Å²) in [5.41, 5.74) is -0.460. The van der Waals surface area contributed by atoms with Crippen molar-refractivity contribution in [1.82, 2.24) is 4.90 Å². The Bertz CT molecular complexity index is 319. The van der Waals surface area contributed by atoms with Gasteiger partial charge in [-0.2, -0.15) is 0 Å². The number of hydrogen-bond acceptors (Lipinski definition) is 3. The summed E-state index contributed by atoms with van der Waals surface area (Å²) in [4.78, 5) is 25.0. The molecule has 0 aromatic carbocycles. The van der Waals surface area contributed by atoms with Crippen LogP contribution in [0.15, 0.2) is 0 Å². The van der Waals surface area contributed by atoms with E-state index in [0.29, 0.717) is 31.2 Å². The third-order valence-electron chi connectivity index (χ3n) is 3.27. The van der Waals surface area contributed by atoms with E-state index in [1.807, 2.05) is 20.8 Å². The molecule has 2 aliphatic rings. The van der Waals surface area contributed by atoms with E-state index in [4.69, 9.17) is 4.74 Å². The molecule has 0 aromatic rings. The molecule has 90 valence electrons. The lowest BCUT2D eigenvalue weighted by Gasteiger charge is -2.24. The number of ketones is 1. The smallest absolute Gasteiger partial charge is 0.410 e. The number of amides is 1. The highest BCUT2D eigenvalue weighted by molar-refractivity contribution is 5.85. The number of hydrogen-bond donors (Lipinski definition) is 0. The first-order valence-electron chi connectivity index (χ1n) is 5.87. The van der Waals surface area contributed by atoms with Gasteiger partial charge in [0.2, 0.25) is 0 Å². The fourth-order valence-corrected chi connectivity index (χ4v) is 2.52. The maximum absolute atomic E-state index is 11.8. The van der Waals surface area contributed by atoms with Gasteiger partial charge >= 0.3 is 6.09 Å². The highest BCUT2D eigenvalue weighted by Gasteiger charge is 2.44. The molecule has 1 amide bonds. The molecule has 1 aliphatic carbocycles. The second kappa shape index (κ2) is 3.75. The molecule has 0 bridgehead atoms. The van der Waals surface area contributed by atoms with Crippen LogP contribution in [0.5, 0.6) is 0 Å². The van der Waals surface area contributed by atoms with Crippen LogP contribution >= 0.6 is 0 Å². The molecule has 2 rings (SSSR count). The van der Waals surface area contributed by atoms with Crippen LogP contribution in [0, 0.1) is 11.8 Å². The van der Waals surface area contributed by atoms with Gasteiger partial charge in [-0.05, 0) is 33.1 Å².